The number of aromatic hydroxyl groups is 1. The van der Waals surface area contributed by atoms with Gasteiger partial charge in [-0.15, -0.1) is 0 Å². The van der Waals surface area contributed by atoms with Gasteiger partial charge in [0, 0.05) is 25.8 Å². The number of aromatic amines is 1. The predicted molar refractivity (Wildman–Crippen MR) is 122 cm³/mol. The highest BCUT2D eigenvalue weighted by Gasteiger charge is 2.20. The van der Waals surface area contributed by atoms with Crippen LogP contribution in [0.1, 0.15) is 24.0 Å². The van der Waals surface area contributed by atoms with Crippen LogP contribution < -0.4 is 11.2 Å². The van der Waals surface area contributed by atoms with E-state index in [1.807, 2.05) is 18.2 Å². The van der Waals surface area contributed by atoms with Crippen LogP contribution in [0.5, 0.6) is 5.88 Å². The van der Waals surface area contributed by atoms with Crippen LogP contribution in [0.25, 0.3) is 5.69 Å². The van der Waals surface area contributed by atoms with Crippen LogP contribution in [0.3, 0.4) is 0 Å². The van der Waals surface area contributed by atoms with Crippen molar-refractivity contribution in [3.63, 3.8) is 0 Å². The molecule has 0 aliphatic carbocycles. The van der Waals surface area contributed by atoms with Gasteiger partial charge in [0.25, 0.3) is 5.56 Å². The molecule has 0 spiro atoms. The fraction of sp³-hybridized carbons (Fsp3) is 0.261. The van der Waals surface area contributed by atoms with Gasteiger partial charge in [0.1, 0.15) is 5.56 Å². The molecule has 0 radical (unpaired) electrons. The molecule has 2 heterocycles. The van der Waals surface area contributed by atoms with Crippen molar-refractivity contribution in [3.05, 3.63) is 91.6 Å². The molecule has 0 atom stereocenters. The molecule has 0 saturated carbocycles. The lowest BCUT2D eigenvalue weighted by molar-refractivity contribution is 0.206. The monoisotopic (exact) mass is 438 g/mol. The summed E-state index contributed by atoms with van der Waals surface area (Å²) in [6, 6.07) is 17.0. The van der Waals surface area contributed by atoms with E-state index in [9.17, 15) is 14.7 Å². The van der Waals surface area contributed by atoms with Crippen LogP contribution in [-0.4, -0.2) is 44.9 Å². The first-order valence-electron chi connectivity index (χ1n) is 10.2. The van der Waals surface area contributed by atoms with Crippen molar-refractivity contribution >= 4 is 17.8 Å². The van der Waals surface area contributed by atoms with Gasteiger partial charge in [-0.05, 0) is 30.5 Å². The Labute approximate surface area is 184 Å². The lowest BCUT2D eigenvalue weighted by Crippen LogP contribution is -2.35. The first-order valence-corrected chi connectivity index (χ1v) is 10.5. The fourth-order valence-corrected chi connectivity index (χ4v) is 3.98. The quantitative estimate of drug-likeness (QED) is 0.599. The van der Waals surface area contributed by atoms with Gasteiger partial charge in [-0.3, -0.25) is 19.7 Å². The van der Waals surface area contributed by atoms with Gasteiger partial charge in [-0.1, -0.05) is 54.1 Å². The van der Waals surface area contributed by atoms with E-state index in [0.29, 0.717) is 0 Å². The fourth-order valence-electron chi connectivity index (χ4n) is 3.76. The van der Waals surface area contributed by atoms with Crippen molar-refractivity contribution in [1.29, 1.82) is 0 Å². The van der Waals surface area contributed by atoms with Gasteiger partial charge in [-0.25, -0.2) is 9.36 Å². The van der Waals surface area contributed by atoms with Crippen molar-refractivity contribution < 1.29 is 5.11 Å². The number of benzene rings is 2. The Hall–Kier alpha value is -3.16. The summed E-state index contributed by atoms with van der Waals surface area (Å²) in [4.78, 5) is 33.7. The van der Waals surface area contributed by atoms with Gasteiger partial charge in [0.15, 0.2) is 0 Å². The number of halogens is 1. The normalized spacial score (nSPS) is 15.5. The van der Waals surface area contributed by atoms with E-state index in [1.165, 1.54) is 11.8 Å². The number of likely N-dealkylation sites (tertiary alicyclic amines) is 1. The van der Waals surface area contributed by atoms with E-state index in [-0.39, 0.29) is 22.3 Å². The molecule has 1 saturated heterocycles. The lowest BCUT2D eigenvalue weighted by Gasteiger charge is -2.30. The SMILES string of the molecule is O=c1[nH]c(=O)n(-c2ccccc2Cl)c(O)c1C=NC1CCN(Cc2ccccc2)CC1. The summed E-state index contributed by atoms with van der Waals surface area (Å²) in [7, 11) is 0. The molecule has 1 fully saturated rings. The van der Waals surface area contributed by atoms with Crippen molar-refractivity contribution in [2.45, 2.75) is 25.4 Å². The van der Waals surface area contributed by atoms with Crippen LogP contribution in [0.2, 0.25) is 5.02 Å². The second-order valence-corrected chi connectivity index (χ2v) is 7.96. The third kappa shape index (κ3) is 4.78. The number of piperidine rings is 1. The molecule has 3 aromatic rings. The molecule has 2 aromatic carbocycles. The number of rotatable bonds is 5. The van der Waals surface area contributed by atoms with Crippen molar-refractivity contribution in [2.24, 2.45) is 4.99 Å². The number of aromatic nitrogens is 2. The Morgan fingerprint density at radius 3 is 2.45 bits per heavy atom. The Bertz CT molecular complexity index is 1200. The topological polar surface area (TPSA) is 90.7 Å². The van der Waals surface area contributed by atoms with E-state index >= 15 is 0 Å². The molecule has 0 amide bonds. The highest BCUT2D eigenvalue weighted by Crippen LogP contribution is 2.23. The zero-order chi connectivity index (χ0) is 21.8. The second kappa shape index (κ2) is 9.32. The van der Waals surface area contributed by atoms with Gasteiger partial charge in [0.2, 0.25) is 5.88 Å². The zero-order valence-electron chi connectivity index (χ0n) is 16.9. The second-order valence-electron chi connectivity index (χ2n) is 7.55. The maximum atomic E-state index is 12.3. The maximum absolute atomic E-state index is 12.3. The number of hydrogen-bond acceptors (Lipinski definition) is 5. The average Bonchev–Trinajstić information content (AvgIpc) is 2.76. The Morgan fingerprint density at radius 2 is 1.74 bits per heavy atom. The van der Waals surface area contributed by atoms with E-state index in [4.69, 9.17) is 11.6 Å². The molecule has 1 aliphatic rings. The number of H-pyrrole nitrogens is 1. The highest BCUT2D eigenvalue weighted by atomic mass is 35.5. The third-order valence-electron chi connectivity index (χ3n) is 5.43. The minimum absolute atomic E-state index is 0.0477. The van der Waals surface area contributed by atoms with Crippen molar-refractivity contribution in [3.8, 4) is 11.6 Å². The van der Waals surface area contributed by atoms with E-state index in [1.54, 1.807) is 24.3 Å². The number of nitrogens with zero attached hydrogens (tertiary/aromatic N) is 3. The zero-order valence-corrected chi connectivity index (χ0v) is 17.6. The van der Waals surface area contributed by atoms with Crippen LogP contribution >= 0.6 is 11.6 Å². The van der Waals surface area contributed by atoms with Gasteiger partial charge in [0.05, 0.1) is 16.8 Å². The molecule has 0 bridgehead atoms. The molecule has 8 heteroatoms. The Balaban J connectivity index is 1.50. The summed E-state index contributed by atoms with van der Waals surface area (Å²) in [5, 5.41) is 10.9. The van der Waals surface area contributed by atoms with Gasteiger partial charge < -0.3 is 5.11 Å². The number of nitrogens with one attached hydrogen (secondary N) is 1. The summed E-state index contributed by atoms with van der Waals surface area (Å²) < 4.78 is 0.980. The highest BCUT2D eigenvalue weighted by molar-refractivity contribution is 6.32. The molecular weight excluding hydrogens is 416 g/mol. The third-order valence-corrected chi connectivity index (χ3v) is 5.75. The van der Waals surface area contributed by atoms with Crippen LogP contribution in [0.4, 0.5) is 0 Å². The van der Waals surface area contributed by atoms with Gasteiger partial charge >= 0.3 is 5.69 Å². The lowest BCUT2D eigenvalue weighted by atomic mass is 10.0. The molecule has 1 aliphatic heterocycles. The number of para-hydroxylation sites is 1. The molecular formula is C23H23ClN4O3. The minimum atomic E-state index is -0.762. The summed E-state index contributed by atoms with van der Waals surface area (Å²) in [6.07, 6.45) is 3.07. The summed E-state index contributed by atoms with van der Waals surface area (Å²) in [5.74, 6) is -0.480. The summed E-state index contributed by atoms with van der Waals surface area (Å²) in [5.41, 5.74) is 0.0544. The predicted octanol–water partition coefficient (Wildman–Crippen LogP) is 2.97. The van der Waals surface area contributed by atoms with Crippen LogP contribution in [-0.2, 0) is 6.54 Å². The molecule has 7 nitrogen and oxygen atoms in total. The average molecular weight is 439 g/mol. The molecule has 4 rings (SSSR count). The van der Waals surface area contributed by atoms with Gasteiger partial charge in [-0.2, -0.15) is 0 Å². The Morgan fingerprint density at radius 1 is 1.06 bits per heavy atom. The number of hydrogen-bond donors (Lipinski definition) is 2. The Kier molecular flexibility index (Phi) is 6.34. The minimum Gasteiger partial charge on any atom is -0.493 e. The largest absolute Gasteiger partial charge is 0.493 e. The first kappa shape index (κ1) is 21.1. The molecule has 1 aromatic heterocycles. The summed E-state index contributed by atoms with van der Waals surface area (Å²) >= 11 is 6.16. The van der Waals surface area contributed by atoms with Crippen molar-refractivity contribution in [1.82, 2.24) is 14.5 Å². The van der Waals surface area contributed by atoms with Crippen LogP contribution in [0.15, 0.2) is 69.2 Å². The maximum Gasteiger partial charge on any atom is 0.335 e. The molecule has 2 N–H and O–H groups in total. The molecule has 160 valence electrons. The van der Waals surface area contributed by atoms with E-state index < -0.39 is 17.1 Å². The number of aliphatic imine (C=N–C) groups is 1. The standard InChI is InChI=1S/C23H23ClN4O3/c24-19-8-4-5-9-20(19)28-22(30)18(21(29)26-23(28)31)14-25-17-10-12-27(13-11-17)15-16-6-2-1-3-7-16/h1-9,14,17,30H,10-13,15H2,(H,26,29,31). The summed E-state index contributed by atoms with van der Waals surface area (Å²) in [6.45, 7) is 2.71. The molecule has 0 unspecified atom stereocenters. The van der Waals surface area contributed by atoms with Crippen LogP contribution in [0, 0.1) is 0 Å². The van der Waals surface area contributed by atoms with E-state index in [2.05, 4.69) is 27.0 Å². The smallest absolute Gasteiger partial charge is 0.335 e. The van der Waals surface area contributed by atoms with E-state index in [0.717, 1.165) is 37.0 Å². The molecule has 31 heavy (non-hydrogen) atoms. The van der Waals surface area contributed by atoms with Crippen molar-refractivity contribution in [2.75, 3.05) is 13.1 Å². The first-order chi connectivity index (χ1) is 15.0.